The van der Waals surface area contributed by atoms with Crippen molar-refractivity contribution in [1.82, 2.24) is 4.98 Å². The number of rotatable bonds is 3. The maximum atomic E-state index is 12.8. The summed E-state index contributed by atoms with van der Waals surface area (Å²) in [6.07, 6.45) is 0.176. The molecule has 0 fully saturated rings. The first kappa shape index (κ1) is 17.1. The molecular formula is C15H9BrClN3O5S. The summed E-state index contributed by atoms with van der Waals surface area (Å²) in [5.41, 5.74) is 1.83. The largest absolute Gasteiger partial charge is 0.417 e. The summed E-state index contributed by atoms with van der Waals surface area (Å²) < 4.78 is 33.1. The van der Waals surface area contributed by atoms with E-state index < -0.39 is 15.8 Å². The third-order valence-corrected chi connectivity index (χ3v) is 6.64. The van der Waals surface area contributed by atoms with Gasteiger partial charge in [0, 0.05) is 15.8 Å². The van der Waals surface area contributed by atoms with Gasteiger partial charge in [0.05, 0.1) is 11.9 Å². The Morgan fingerprint density at radius 2 is 2.00 bits per heavy atom. The number of anilines is 2. The molecular weight excluding hydrogens is 450 g/mol. The summed E-state index contributed by atoms with van der Waals surface area (Å²) in [7, 11) is -4.10. The number of hydrogen-bond donors (Lipinski definition) is 3. The van der Waals surface area contributed by atoms with E-state index in [0.717, 1.165) is 0 Å². The number of halogens is 2. The van der Waals surface area contributed by atoms with Gasteiger partial charge in [-0.3, -0.25) is 14.5 Å². The lowest BCUT2D eigenvalue weighted by Gasteiger charge is -2.12. The number of amides is 1. The van der Waals surface area contributed by atoms with E-state index in [0.29, 0.717) is 11.3 Å². The molecule has 0 atom stereocenters. The number of benzene rings is 2. The summed E-state index contributed by atoms with van der Waals surface area (Å²) in [5.74, 6) is -0.897. The Bertz CT molecular complexity index is 1250. The van der Waals surface area contributed by atoms with Crippen LogP contribution in [0.15, 0.2) is 42.8 Å². The van der Waals surface area contributed by atoms with Gasteiger partial charge in [0.2, 0.25) is 5.91 Å². The van der Waals surface area contributed by atoms with Crippen molar-refractivity contribution >= 4 is 65.9 Å². The van der Waals surface area contributed by atoms with Gasteiger partial charge in [-0.2, -0.15) is 0 Å². The molecule has 2 heterocycles. The number of fused-ring (bicyclic) bond motifs is 2. The molecule has 0 spiro atoms. The van der Waals surface area contributed by atoms with E-state index >= 15 is 0 Å². The number of aromatic nitrogens is 1. The van der Waals surface area contributed by atoms with Crippen LogP contribution in [-0.2, 0) is 21.2 Å². The summed E-state index contributed by atoms with van der Waals surface area (Å²) in [6.45, 7) is 0. The minimum absolute atomic E-state index is 0.0519. The predicted molar refractivity (Wildman–Crippen MR) is 99.1 cm³/mol. The van der Waals surface area contributed by atoms with Crippen molar-refractivity contribution in [3.05, 3.63) is 49.9 Å². The number of carbonyl (C=O) groups excluding carboxylic acids is 1. The smallest absolute Gasteiger partial charge is 0.406 e. The quantitative estimate of drug-likeness (QED) is 0.557. The number of nitrogens with one attached hydrogen (secondary N) is 3. The van der Waals surface area contributed by atoms with E-state index in [1.807, 2.05) is 0 Å². The minimum Gasteiger partial charge on any atom is -0.406 e. The highest BCUT2D eigenvalue weighted by molar-refractivity contribution is 9.10. The standard InChI is InChI=1S/C15H9BrClN3O5S/c16-8-5-10-13(25-15(22)19-10)12(17)14(8)26(23,24)20-7-1-2-9-6(3-7)4-11(21)18-9/h1-3,5,20H,4H2,(H,18,21)(H,19,22). The van der Waals surface area contributed by atoms with Crippen molar-refractivity contribution < 1.29 is 17.6 Å². The van der Waals surface area contributed by atoms with E-state index in [1.165, 1.54) is 12.1 Å². The Morgan fingerprint density at radius 3 is 2.77 bits per heavy atom. The number of sulfonamides is 1. The fraction of sp³-hybridized carbons (Fsp3) is 0.0667. The molecule has 4 rings (SSSR count). The fourth-order valence-electron chi connectivity index (χ4n) is 2.75. The van der Waals surface area contributed by atoms with Crippen LogP contribution in [0.25, 0.3) is 11.1 Å². The molecule has 1 aliphatic heterocycles. The number of hydrogen-bond acceptors (Lipinski definition) is 5. The molecule has 0 aliphatic carbocycles. The zero-order valence-electron chi connectivity index (χ0n) is 12.7. The molecule has 1 aliphatic rings. The second-order valence-electron chi connectivity index (χ2n) is 5.60. The number of oxazole rings is 1. The van der Waals surface area contributed by atoms with Crippen LogP contribution in [0.4, 0.5) is 11.4 Å². The molecule has 0 bridgehead atoms. The van der Waals surface area contributed by atoms with E-state index in [2.05, 4.69) is 31.0 Å². The van der Waals surface area contributed by atoms with Crippen molar-refractivity contribution in [1.29, 1.82) is 0 Å². The van der Waals surface area contributed by atoms with Gasteiger partial charge in [0.25, 0.3) is 10.0 Å². The minimum atomic E-state index is -4.10. The molecule has 26 heavy (non-hydrogen) atoms. The van der Waals surface area contributed by atoms with Crippen molar-refractivity contribution in [3.8, 4) is 0 Å². The lowest BCUT2D eigenvalue weighted by molar-refractivity contribution is -0.115. The Morgan fingerprint density at radius 1 is 1.23 bits per heavy atom. The van der Waals surface area contributed by atoms with Gasteiger partial charge in [-0.1, -0.05) is 11.6 Å². The Balaban J connectivity index is 1.78. The zero-order chi connectivity index (χ0) is 18.6. The number of aromatic amines is 1. The van der Waals surface area contributed by atoms with Gasteiger partial charge in [0.1, 0.15) is 9.92 Å². The molecule has 3 aromatic rings. The van der Waals surface area contributed by atoms with Crippen LogP contribution in [0.1, 0.15) is 5.56 Å². The highest BCUT2D eigenvalue weighted by Gasteiger charge is 2.26. The van der Waals surface area contributed by atoms with E-state index in [-0.39, 0.29) is 43.5 Å². The average Bonchev–Trinajstić information content (AvgIpc) is 3.07. The third kappa shape index (κ3) is 2.79. The lowest BCUT2D eigenvalue weighted by Crippen LogP contribution is -2.14. The highest BCUT2D eigenvalue weighted by Crippen LogP contribution is 2.37. The molecule has 1 aromatic heterocycles. The van der Waals surface area contributed by atoms with E-state index in [1.54, 1.807) is 12.1 Å². The lowest BCUT2D eigenvalue weighted by atomic mass is 10.1. The molecule has 0 saturated heterocycles. The fourth-order valence-corrected chi connectivity index (χ4v) is 5.66. The average molecular weight is 459 g/mol. The van der Waals surface area contributed by atoms with Crippen LogP contribution in [0.3, 0.4) is 0 Å². The maximum absolute atomic E-state index is 12.8. The molecule has 0 radical (unpaired) electrons. The highest BCUT2D eigenvalue weighted by atomic mass is 79.9. The van der Waals surface area contributed by atoms with Crippen LogP contribution in [-0.4, -0.2) is 19.3 Å². The SMILES string of the molecule is O=C1Cc2cc(NS(=O)(=O)c3c(Br)cc4[nH]c(=O)oc4c3Cl)ccc2N1. The first-order chi connectivity index (χ1) is 12.2. The Labute approximate surface area is 159 Å². The summed E-state index contributed by atoms with van der Waals surface area (Å²) >= 11 is 9.33. The van der Waals surface area contributed by atoms with Crippen LogP contribution < -0.4 is 15.8 Å². The van der Waals surface area contributed by atoms with Crippen LogP contribution in [0, 0.1) is 0 Å². The molecule has 3 N–H and O–H groups in total. The van der Waals surface area contributed by atoms with Gasteiger partial charge < -0.3 is 9.73 Å². The molecule has 8 nitrogen and oxygen atoms in total. The third-order valence-electron chi connectivity index (χ3n) is 3.81. The number of H-pyrrole nitrogens is 1. The van der Waals surface area contributed by atoms with Gasteiger partial charge in [-0.25, -0.2) is 13.2 Å². The first-order valence-electron chi connectivity index (χ1n) is 7.21. The monoisotopic (exact) mass is 457 g/mol. The van der Waals surface area contributed by atoms with Crippen molar-refractivity contribution in [2.24, 2.45) is 0 Å². The summed E-state index contributed by atoms with van der Waals surface area (Å²) in [6, 6.07) is 6.11. The zero-order valence-corrected chi connectivity index (χ0v) is 15.9. The summed E-state index contributed by atoms with van der Waals surface area (Å²) in [5, 5.41) is 2.45. The van der Waals surface area contributed by atoms with Crippen molar-refractivity contribution in [2.45, 2.75) is 11.3 Å². The summed E-state index contributed by atoms with van der Waals surface area (Å²) in [4.78, 5) is 24.9. The normalized spacial score (nSPS) is 13.7. The molecule has 0 saturated carbocycles. The Kier molecular flexibility index (Phi) is 3.86. The predicted octanol–water partition coefficient (Wildman–Crippen LogP) is 2.83. The molecule has 11 heteroatoms. The van der Waals surface area contributed by atoms with E-state index in [4.69, 9.17) is 16.0 Å². The molecule has 134 valence electrons. The number of carbonyl (C=O) groups is 1. The molecule has 1 amide bonds. The van der Waals surface area contributed by atoms with Gasteiger partial charge >= 0.3 is 5.76 Å². The van der Waals surface area contributed by atoms with Crippen LogP contribution in [0.2, 0.25) is 5.02 Å². The van der Waals surface area contributed by atoms with Gasteiger partial charge in [0.15, 0.2) is 5.58 Å². The Hall–Kier alpha value is -2.30. The molecule has 0 unspecified atom stereocenters. The van der Waals surface area contributed by atoms with Crippen molar-refractivity contribution in [2.75, 3.05) is 10.0 Å². The maximum Gasteiger partial charge on any atom is 0.417 e. The van der Waals surface area contributed by atoms with Crippen LogP contribution in [0.5, 0.6) is 0 Å². The van der Waals surface area contributed by atoms with Gasteiger partial charge in [-0.05, 0) is 45.8 Å². The first-order valence-corrected chi connectivity index (χ1v) is 9.86. The molecule has 2 aromatic carbocycles. The van der Waals surface area contributed by atoms with Gasteiger partial charge in [-0.15, -0.1) is 0 Å². The van der Waals surface area contributed by atoms with Crippen LogP contribution >= 0.6 is 27.5 Å². The van der Waals surface area contributed by atoms with Crippen molar-refractivity contribution in [3.63, 3.8) is 0 Å². The topological polar surface area (TPSA) is 121 Å². The second-order valence-corrected chi connectivity index (χ2v) is 8.45. The van der Waals surface area contributed by atoms with E-state index in [9.17, 15) is 18.0 Å². The second kappa shape index (κ2) is 5.86.